The van der Waals surface area contributed by atoms with Crippen LogP contribution >= 0.6 is 11.3 Å². The Morgan fingerprint density at radius 3 is 3.00 bits per heavy atom. The Bertz CT molecular complexity index is 526. The van der Waals surface area contributed by atoms with Crippen molar-refractivity contribution in [2.24, 2.45) is 0 Å². The van der Waals surface area contributed by atoms with E-state index in [9.17, 15) is 4.79 Å². The molecule has 0 saturated carbocycles. The maximum atomic E-state index is 11.6. The molecule has 0 bridgehead atoms. The fraction of sp³-hybridized carbons (Fsp3) is 0.214. The number of anilines is 1. The summed E-state index contributed by atoms with van der Waals surface area (Å²) < 4.78 is 5.35. The summed E-state index contributed by atoms with van der Waals surface area (Å²) in [5.74, 6) is 0.477. The molecule has 1 aromatic heterocycles. The molecule has 4 nitrogen and oxygen atoms in total. The van der Waals surface area contributed by atoms with Crippen LogP contribution in [-0.4, -0.2) is 19.1 Å². The van der Waals surface area contributed by atoms with Crippen LogP contribution in [-0.2, 0) is 11.2 Å². The number of ether oxygens (including phenoxy) is 1. The molecule has 19 heavy (non-hydrogen) atoms. The molecule has 2 aromatic rings. The van der Waals surface area contributed by atoms with Crippen molar-refractivity contribution in [3.8, 4) is 5.75 Å². The molecule has 5 heteroatoms. The van der Waals surface area contributed by atoms with Crippen molar-refractivity contribution in [3.63, 3.8) is 0 Å². The minimum absolute atomic E-state index is 0.00703. The highest BCUT2D eigenvalue weighted by Gasteiger charge is 2.02. The highest BCUT2D eigenvalue weighted by atomic mass is 32.1. The second kappa shape index (κ2) is 6.80. The molecule has 2 rings (SSSR count). The third-order valence-corrected chi connectivity index (χ3v) is 3.28. The molecule has 1 amide bonds. The number of hydrogen-bond donors (Lipinski definition) is 2. The summed E-state index contributed by atoms with van der Waals surface area (Å²) >= 11 is 1.66. The average Bonchev–Trinajstić information content (AvgIpc) is 2.90. The van der Waals surface area contributed by atoms with Crippen LogP contribution < -0.4 is 15.8 Å². The van der Waals surface area contributed by atoms with Crippen molar-refractivity contribution in [3.05, 3.63) is 46.7 Å². The van der Waals surface area contributed by atoms with E-state index in [4.69, 9.17) is 10.5 Å². The molecule has 0 unspecified atom stereocenters. The quantitative estimate of drug-likeness (QED) is 0.794. The number of rotatable bonds is 6. The maximum Gasteiger partial charge on any atom is 0.257 e. The third-order valence-electron chi connectivity index (χ3n) is 2.54. The van der Waals surface area contributed by atoms with E-state index in [2.05, 4.69) is 16.8 Å². The lowest BCUT2D eigenvalue weighted by atomic mass is 10.2. The molecule has 0 saturated heterocycles. The SMILES string of the molecule is Nc1cccc(OCC(=O)NCCc2ccsc2)c1. The van der Waals surface area contributed by atoms with E-state index >= 15 is 0 Å². The minimum atomic E-state index is -0.127. The van der Waals surface area contributed by atoms with Crippen LogP contribution in [0.1, 0.15) is 5.56 Å². The molecule has 0 spiro atoms. The standard InChI is InChI=1S/C14H16N2O2S/c15-12-2-1-3-13(8-12)18-9-14(17)16-6-4-11-5-7-19-10-11/h1-3,5,7-8,10H,4,6,9,15H2,(H,16,17). The molecule has 3 N–H and O–H groups in total. The van der Waals surface area contributed by atoms with Gasteiger partial charge in [0.05, 0.1) is 0 Å². The molecule has 0 fully saturated rings. The van der Waals surface area contributed by atoms with Crippen LogP contribution in [0.2, 0.25) is 0 Å². The van der Waals surface area contributed by atoms with E-state index in [1.54, 1.807) is 35.6 Å². The first-order chi connectivity index (χ1) is 9.24. The number of carbonyl (C=O) groups is 1. The van der Waals surface area contributed by atoms with E-state index < -0.39 is 0 Å². The molecule has 0 aliphatic carbocycles. The number of amides is 1. The van der Waals surface area contributed by atoms with Gasteiger partial charge in [-0.15, -0.1) is 0 Å². The lowest BCUT2D eigenvalue weighted by Gasteiger charge is -2.07. The summed E-state index contributed by atoms with van der Waals surface area (Å²) in [6.45, 7) is 0.628. The summed E-state index contributed by atoms with van der Waals surface area (Å²) in [5.41, 5.74) is 7.48. The number of nitrogen functional groups attached to an aromatic ring is 1. The Balaban J connectivity index is 1.67. The van der Waals surface area contributed by atoms with Crippen LogP contribution in [0.5, 0.6) is 5.75 Å². The van der Waals surface area contributed by atoms with Gasteiger partial charge in [0.15, 0.2) is 6.61 Å². The van der Waals surface area contributed by atoms with Gasteiger partial charge in [-0.2, -0.15) is 11.3 Å². The van der Waals surface area contributed by atoms with Crippen LogP contribution in [0.25, 0.3) is 0 Å². The zero-order valence-corrected chi connectivity index (χ0v) is 11.3. The van der Waals surface area contributed by atoms with Crippen molar-refractivity contribution in [1.29, 1.82) is 0 Å². The molecule has 0 atom stereocenters. The van der Waals surface area contributed by atoms with Gasteiger partial charge in [-0.1, -0.05) is 6.07 Å². The van der Waals surface area contributed by atoms with E-state index in [-0.39, 0.29) is 12.5 Å². The summed E-state index contributed by atoms with van der Waals surface area (Å²) in [5, 5.41) is 6.92. The smallest absolute Gasteiger partial charge is 0.257 e. The number of thiophene rings is 1. The van der Waals surface area contributed by atoms with Gasteiger partial charge in [-0.25, -0.2) is 0 Å². The van der Waals surface area contributed by atoms with Gasteiger partial charge in [0.2, 0.25) is 0 Å². The number of nitrogens with one attached hydrogen (secondary N) is 1. The molecular weight excluding hydrogens is 260 g/mol. The number of hydrogen-bond acceptors (Lipinski definition) is 4. The topological polar surface area (TPSA) is 64.3 Å². The van der Waals surface area contributed by atoms with Crippen molar-refractivity contribution in [1.82, 2.24) is 5.32 Å². The Kier molecular flexibility index (Phi) is 4.80. The number of nitrogens with two attached hydrogens (primary N) is 1. The monoisotopic (exact) mass is 276 g/mol. The first kappa shape index (κ1) is 13.4. The normalized spacial score (nSPS) is 10.1. The van der Waals surface area contributed by atoms with Gasteiger partial charge < -0.3 is 15.8 Å². The third kappa shape index (κ3) is 4.63. The molecule has 0 aliphatic heterocycles. The van der Waals surface area contributed by atoms with Crippen molar-refractivity contribution in [2.75, 3.05) is 18.9 Å². The summed E-state index contributed by atoms with van der Waals surface area (Å²) in [7, 11) is 0. The first-order valence-corrected chi connectivity index (χ1v) is 6.94. The Morgan fingerprint density at radius 2 is 2.26 bits per heavy atom. The van der Waals surface area contributed by atoms with Gasteiger partial charge in [0.25, 0.3) is 5.91 Å². The first-order valence-electron chi connectivity index (χ1n) is 6.00. The lowest BCUT2D eigenvalue weighted by Crippen LogP contribution is -2.30. The minimum Gasteiger partial charge on any atom is -0.484 e. The Labute approximate surface area is 116 Å². The van der Waals surface area contributed by atoms with Crippen LogP contribution in [0, 0.1) is 0 Å². The molecular formula is C14H16N2O2S. The predicted molar refractivity (Wildman–Crippen MR) is 77.4 cm³/mol. The number of benzene rings is 1. The number of carbonyl (C=O) groups excluding carboxylic acids is 1. The van der Waals surface area contributed by atoms with Gasteiger partial charge in [0, 0.05) is 18.3 Å². The molecule has 1 aromatic carbocycles. The lowest BCUT2D eigenvalue weighted by molar-refractivity contribution is -0.123. The van der Waals surface area contributed by atoms with Crippen LogP contribution in [0.15, 0.2) is 41.1 Å². The van der Waals surface area contributed by atoms with Crippen LogP contribution in [0.4, 0.5) is 5.69 Å². The fourth-order valence-corrected chi connectivity index (χ4v) is 2.29. The van der Waals surface area contributed by atoms with Gasteiger partial charge in [-0.05, 0) is 40.9 Å². The Hall–Kier alpha value is -2.01. The summed E-state index contributed by atoms with van der Waals surface area (Å²) in [6, 6.07) is 9.08. The van der Waals surface area contributed by atoms with Gasteiger partial charge in [-0.3, -0.25) is 4.79 Å². The van der Waals surface area contributed by atoms with E-state index in [0.29, 0.717) is 18.0 Å². The molecule has 100 valence electrons. The van der Waals surface area contributed by atoms with Crippen molar-refractivity contribution < 1.29 is 9.53 Å². The average molecular weight is 276 g/mol. The summed E-state index contributed by atoms with van der Waals surface area (Å²) in [4.78, 5) is 11.6. The van der Waals surface area contributed by atoms with Gasteiger partial charge in [0.1, 0.15) is 5.75 Å². The highest BCUT2D eigenvalue weighted by molar-refractivity contribution is 7.07. The van der Waals surface area contributed by atoms with E-state index in [0.717, 1.165) is 6.42 Å². The molecule has 0 radical (unpaired) electrons. The second-order valence-electron chi connectivity index (χ2n) is 4.09. The Morgan fingerprint density at radius 1 is 1.37 bits per heavy atom. The van der Waals surface area contributed by atoms with Gasteiger partial charge >= 0.3 is 0 Å². The van der Waals surface area contributed by atoms with E-state index in [1.165, 1.54) is 5.56 Å². The summed E-state index contributed by atoms with van der Waals surface area (Å²) in [6.07, 6.45) is 0.841. The fourth-order valence-electron chi connectivity index (χ4n) is 1.59. The largest absolute Gasteiger partial charge is 0.484 e. The van der Waals surface area contributed by atoms with Crippen LogP contribution in [0.3, 0.4) is 0 Å². The molecule has 0 aliphatic rings. The van der Waals surface area contributed by atoms with Crippen molar-refractivity contribution in [2.45, 2.75) is 6.42 Å². The van der Waals surface area contributed by atoms with Crippen molar-refractivity contribution >= 4 is 22.9 Å². The maximum absolute atomic E-state index is 11.6. The second-order valence-corrected chi connectivity index (χ2v) is 4.87. The predicted octanol–water partition coefficient (Wildman–Crippen LogP) is 2.07. The zero-order valence-electron chi connectivity index (χ0n) is 10.5. The van der Waals surface area contributed by atoms with E-state index in [1.807, 2.05) is 5.38 Å². The molecule has 1 heterocycles. The zero-order chi connectivity index (χ0) is 13.5. The highest BCUT2D eigenvalue weighted by Crippen LogP contribution is 2.14.